The number of amides is 1. The van der Waals surface area contributed by atoms with Crippen LogP contribution in [0.1, 0.15) is 42.1 Å². The molecular formula is C27H26N2O4. The first kappa shape index (κ1) is 22.3. The van der Waals surface area contributed by atoms with E-state index in [1.165, 1.54) is 4.90 Å². The number of aryl methyl sites for hydroxylation is 1. The number of carbonyl (C=O) groups is 2. The number of hydrogen-bond acceptors (Lipinski definition) is 5. The monoisotopic (exact) mass is 442 g/mol. The van der Waals surface area contributed by atoms with Gasteiger partial charge in [-0.05, 0) is 86.8 Å². The second-order valence-electron chi connectivity index (χ2n) is 8.36. The number of ketones is 1. The molecular weight excluding hydrogens is 416 g/mol. The minimum atomic E-state index is -0.778. The van der Waals surface area contributed by atoms with Crippen LogP contribution in [0.3, 0.4) is 0 Å². The lowest BCUT2D eigenvalue weighted by molar-refractivity contribution is -0.132. The summed E-state index contributed by atoms with van der Waals surface area (Å²) in [7, 11) is 0. The molecule has 0 saturated carbocycles. The van der Waals surface area contributed by atoms with Gasteiger partial charge >= 0.3 is 0 Å². The Morgan fingerprint density at radius 2 is 1.67 bits per heavy atom. The number of pyridine rings is 1. The van der Waals surface area contributed by atoms with Gasteiger partial charge in [0.1, 0.15) is 11.5 Å². The van der Waals surface area contributed by atoms with Crippen LogP contribution in [0.5, 0.6) is 5.75 Å². The van der Waals surface area contributed by atoms with Crippen LogP contribution in [0, 0.1) is 13.8 Å². The van der Waals surface area contributed by atoms with Gasteiger partial charge in [0.25, 0.3) is 11.7 Å². The third kappa shape index (κ3) is 4.12. The Morgan fingerprint density at radius 3 is 2.30 bits per heavy atom. The van der Waals surface area contributed by atoms with Crippen LogP contribution in [-0.4, -0.2) is 27.9 Å². The number of aromatic nitrogens is 1. The summed E-state index contributed by atoms with van der Waals surface area (Å²) in [4.78, 5) is 32.1. The molecule has 1 aliphatic rings. The van der Waals surface area contributed by atoms with Gasteiger partial charge in [0, 0.05) is 23.6 Å². The molecule has 1 fully saturated rings. The van der Waals surface area contributed by atoms with Crippen LogP contribution < -0.4 is 9.64 Å². The van der Waals surface area contributed by atoms with Crippen molar-refractivity contribution in [2.45, 2.75) is 39.8 Å². The highest BCUT2D eigenvalue weighted by Gasteiger charge is 2.47. The minimum Gasteiger partial charge on any atom is -0.507 e. The Balaban J connectivity index is 1.88. The van der Waals surface area contributed by atoms with Gasteiger partial charge in [0.2, 0.25) is 0 Å². The summed E-state index contributed by atoms with van der Waals surface area (Å²) < 4.78 is 5.67. The number of Topliss-reactive ketones (excluding diaryl/α,β-unsaturated/α-hetero) is 1. The SMILES string of the molecule is Cc1cccc(N2C(=O)C(=O)/C(=C(/O)c3ccc(OC(C)C)cc3)C2c2ccncc2)c1C. The molecule has 2 aromatic carbocycles. The largest absolute Gasteiger partial charge is 0.507 e. The average molecular weight is 443 g/mol. The maximum atomic E-state index is 13.3. The zero-order chi connectivity index (χ0) is 23.7. The maximum Gasteiger partial charge on any atom is 0.300 e. The van der Waals surface area contributed by atoms with E-state index < -0.39 is 17.7 Å². The lowest BCUT2D eigenvalue weighted by atomic mass is 9.95. The number of carbonyl (C=O) groups excluding carboxylic acids is 2. The molecule has 1 saturated heterocycles. The number of rotatable bonds is 5. The molecule has 1 N–H and O–H groups in total. The van der Waals surface area contributed by atoms with Crippen LogP contribution in [0.25, 0.3) is 5.76 Å². The van der Waals surface area contributed by atoms with E-state index in [1.807, 2.05) is 45.9 Å². The first-order chi connectivity index (χ1) is 15.8. The van der Waals surface area contributed by atoms with Gasteiger partial charge < -0.3 is 9.84 Å². The van der Waals surface area contributed by atoms with Gasteiger partial charge in [-0.25, -0.2) is 0 Å². The van der Waals surface area contributed by atoms with Crippen molar-refractivity contribution in [1.82, 2.24) is 4.98 Å². The zero-order valence-electron chi connectivity index (χ0n) is 19.1. The smallest absolute Gasteiger partial charge is 0.300 e. The van der Waals surface area contributed by atoms with Crippen molar-refractivity contribution in [1.29, 1.82) is 0 Å². The fourth-order valence-electron chi connectivity index (χ4n) is 4.06. The summed E-state index contributed by atoms with van der Waals surface area (Å²) in [6.07, 6.45) is 3.23. The molecule has 0 aliphatic carbocycles. The summed E-state index contributed by atoms with van der Waals surface area (Å²) in [6, 6.07) is 15.2. The summed E-state index contributed by atoms with van der Waals surface area (Å²) in [5, 5.41) is 11.2. The Labute approximate surface area is 193 Å². The van der Waals surface area contributed by atoms with Gasteiger partial charge in [-0.2, -0.15) is 0 Å². The normalized spacial score (nSPS) is 17.6. The minimum absolute atomic E-state index is 0.0130. The molecule has 3 aromatic rings. The molecule has 2 heterocycles. The molecule has 1 aromatic heterocycles. The van der Waals surface area contributed by atoms with Crippen LogP contribution in [0.15, 0.2) is 72.6 Å². The van der Waals surface area contributed by atoms with Gasteiger partial charge in [-0.15, -0.1) is 0 Å². The highest BCUT2D eigenvalue weighted by molar-refractivity contribution is 6.51. The number of aliphatic hydroxyl groups excluding tert-OH is 1. The summed E-state index contributed by atoms with van der Waals surface area (Å²) in [5.41, 5.74) is 3.70. The highest BCUT2D eigenvalue weighted by atomic mass is 16.5. The number of aliphatic hydroxyl groups is 1. The van der Waals surface area contributed by atoms with Crippen LogP contribution in [-0.2, 0) is 9.59 Å². The van der Waals surface area contributed by atoms with E-state index in [1.54, 1.807) is 48.8 Å². The standard InChI is InChI=1S/C27H26N2O4/c1-16(2)33-21-10-8-20(9-11-21)25(30)23-24(19-12-14-28-15-13-19)29(27(32)26(23)31)22-7-5-6-17(3)18(22)4/h5-16,24,30H,1-4H3/b25-23+. The van der Waals surface area contributed by atoms with Crippen molar-refractivity contribution in [3.05, 3.63) is 94.8 Å². The van der Waals surface area contributed by atoms with Crippen molar-refractivity contribution in [2.75, 3.05) is 4.90 Å². The second kappa shape index (κ2) is 8.90. The fourth-order valence-corrected chi connectivity index (χ4v) is 4.06. The van der Waals surface area contributed by atoms with Crippen molar-refractivity contribution in [3.8, 4) is 5.75 Å². The average Bonchev–Trinajstić information content (AvgIpc) is 3.06. The third-order valence-electron chi connectivity index (χ3n) is 5.80. The number of benzene rings is 2. The molecule has 0 bridgehead atoms. The molecule has 1 atom stereocenters. The lowest BCUT2D eigenvalue weighted by Gasteiger charge is -2.27. The number of nitrogens with zero attached hydrogens (tertiary/aromatic N) is 2. The summed E-state index contributed by atoms with van der Waals surface area (Å²) >= 11 is 0. The van der Waals surface area contributed by atoms with E-state index in [0.717, 1.165) is 11.1 Å². The summed E-state index contributed by atoms with van der Waals surface area (Å²) in [5.74, 6) is -0.966. The van der Waals surface area contributed by atoms with Gasteiger partial charge in [-0.3, -0.25) is 19.5 Å². The van der Waals surface area contributed by atoms with Gasteiger partial charge in [0.15, 0.2) is 0 Å². The van der Waals surface area contributed by atoms with Crippen LogP contribution in [0.2, 0.25) is 0 Å². The van der Waals surface area contributed by atoms with Gasteiger partial charge in [0.05, 0.1) is 17.7 Å². The highest BCUT2D eigenvalue weighted by Crippen LogP contribution is 2.43. The Morgan fingerprint density at radius 1 is 1.00 bits per heavy atom. The molecule has 1 amide bonds. The molecule has 1 aliphatic heterocycles. The van der Waals surface area contributed by atoms with E-state index in [0.29, 0.717) is 22.6 Å². The molecule has 6 heteroatoms. The molecule has 6 nitrogen and oxygen atoms in total. The molecule has 4 rings (SSSR count). The van der Waals surface area contributed by atoms with E-state index in [-0.39, 0.29) is 17.4 Å². The third-order valence-corrected chi connectivity index (χ3v) is 5.80. The Kier molecular flexibility index (Phi) is 6.01. The maximum absolute atomic E-state index is 13.3. The molecule has 168 valence electrons. The van der Waals surface area contributed by atoms with Crippen LogP contribution >= 0.6 is 0 Å². The summed E-state index contributed by atoms with van der Waals surface area (Å²) in [6.45, 7) is 7.73. The molecule has 33 heavy (non-hydrogen) atoms. The predicted octanol–water partition coefficient (Wildman–Crippen LogP) is 5.11. The van der Waals surface area contributed by atoms with Crippen molar-refractivity contribution in [3.63, 3.8) is 0 Å². The molecule has 0 spiro atoms. The van der Waals surface area contributed by atoms with E-state index in [4.69, 9.17) is 4.74 Å². The first-order valence-corrected chi connectivity index (χ1v) is 10.8. The zero-order valence-corrected chi connectivity index (χ0v) is 19.1. The molecule has 1 unspecified atom stereocenters. The quantitative estimate of drug-likeness (QED) is 0.337. The van der Waals surface area contributed by atoms with Crippen molar-refractivity contribution >= 4 is 23.1 Å². The molecule has 0 radical (unpaired) electrons. The predicted molar refractivity (Wildman–Crippen MR) is 127 cm³/mol. The lowest BCUT2D eigenvalue weighted by Crippen LogP contribution is -2.30. The van der Waals surface area contributed by atoms with E-state index in [2.05, 4.69) is 4.98 Å². The van der Waals surface area contributed by atoms with E-state index in [9.17, 15) is 14.7 Å². The number of ether oxygens (including phenoxy) is 1. The fraction of sp³-hybridized carbons (Fsp3) is 0.222. The Bertz CT molecular complexity index is 1230. The van der Waals surface area contributed by atoms with Crippen molar-refractivity contribution in [2.24, 2.45) is 0 Å². The number of hydrogen-bond donors (Lipinski definition) is 1. The second-order valence-corrected chi connectivity index (χ2v) is 8.36. The first-order valence-electron chi connectivity index (χ1n) is 10.8. The van der Waals surface area contributed by atoms with E-state index >= 15 is 0 Å². The Hall–Kier alpha value is -3.93. The van der Waals surface area contributed by atoms with Crippen molar-refractivity contribution < 1.29 is 19.4 Å². The van der Waals surface area contributed by atoms with Gasteiger partial charge in [-0.1, -0.05) is 12.1 Å². The topological polar surface area (TPSA) is 79.7 Å². The number of anilines is 1. The van der Waals surface area contributed by atoms with Crippen LogP contribution in [0.4, 0.5) is 5.69 Å².